The summed E-state index contributed by atoms with van der Waals surface area (Å²) in [6.45, 7) is -0.665. The van der Waals surface area contributed by atoms with Crippen molar-refractivity contribution in [1.82, 2.24) is 0 Å². The number of alkyl halides is 3. The summed E-state index contributed by atoms with van der Waals surface area (Å²) < 4.78 is 37.8. The first kappa shape index (κ1) is 13.2. The molecule has 3 nitrogen and oxygen atoms in total. The summed E-state index contributed by atoms with van der Waals surface area (Å²) in [5.74, 6) is 0. The van der Waals surface area contributed by atoms with E-state index in [1.165, 1.54) is 30.6 Å². The van der Waals surface area contributed by atoms with Gasteiger partial charge in [-0.15, -0.1) is 0 Å². The van der Waals surface area contributed by atoms with Crippen molar-refractivity contribution in [2.45, 2.75) is 12.8 Å². The van der Waals surface area contributed by atoms with Crippen LogP contribution >= 0.6 is 0 Å². The maximum absolute atomic E-state index is 12.6. The molecule has 0 fully saturated rings. The quantitative estimate of drug-likeness (QED) is 0.802. The Morgan fingerprint density at radius 1 is 1.35 bits per heavy atom. The summed E-state index contributed by atoms with van der Waals surface area (Å²) in [7, 11) is 0. The minimum atomic E-state index is -4.51. The fourth-order valence-corrected chi connectivity index (χ4v) is 1.23. The van der Waals surface area contributed by atoms with Gasteiger partial charge in [0.25, 0.3) is 0 Å². The third-order valence-corrected chi connectivity index (χ3v) is 1.99. The molecule has 17 heavy (non-hydrogen) atoms. The first-order chi connectivity index (χ1) is 7.99. The first-order valence-electron chi connectivity index (χ1n) is 4.71. The zero-order valence-corrected chi connectivity index (χ0v) is 8.78. The third-order valence-electron chi connectivity index (χ3n) is 1.99. The third kappa shape index (κ3) is 3.60. The highest BCUT2D eigenvalue weighted by Crippen LogP contribution is 2.34. The molecule has 1 aromatic rings. The zero-order valence-electron chi connectivity index (χ0n) is 8.78. The summed E-state index contributed by atoms with van der Waals surface area (Å²) in [5.41, 5.74) is 4.14. The summed E-state index contributed by atoms with van der Waals surface area (Å²) in [5, 5.41) is 8.82. The second-order valence-corrected chi connectivity index (χ2v) is 3.16. The summed E-state index contributed by atoms with van der Waals surface area (Å²) in [6, 6.07) is 3.47. The van der Waals surface area contributed by atoms with Gasteiger partial charge in [-0.2, -0.15) is 13.2 Å². The van der Waals surface area contributed by atoms with Gasteiger partial charge in [-0.1, -0.05) is 6.07 Å². The number of allylic oxidation sites excluding steroid dienone is 1. The molecule has 0 unspecified atom stereocenters. The molecule has 0 saturated carbocycles. The topological polar surface area (TPSA) is 58.6 Å². The summed E-state index contributed by atoms with van der Waals surface area (Å²) in [6.07, 6.45) is -0.606. The van der Waals surface area contributed by atoms with Gasteiger partial charge >= 0.3 is 6.18 Å². The molecular weight excluding hydrogens is 233 g/mol. The van der Waals surface area contributed by atoms with E-state index in [0.29, 0.717) is 0 Å². The molecule has 92 valence electrons. The predicted molar refractivity (Wildman–Crippen MR) is 58.8 cm³/mol. The molecule has 0 radical (unpaired) electrons. The van der Waals surface area contributed by atoms with Gasteiger partial charge in [0.1, 0.15) is 0 Å². The van der Waals surface area contributed by atoms with E-state index in [0.717, 1.165) is 6.07 Å². The summed E-state index contributed by atoms with van der Waals surface area (Å²) >= 11 is 0. The maximum atomic E-state index is 12.6. The van der Waals surface area contributed by atoms with Crippen LogP contribution in [0.5, 0.6) is 0 Å². The van der Waals surface area contributed by atoms with Crippen LogP contribution in [-0.4, -0.2) is 11.3 Å². The van der Waals surface area contributed by atoms with Crippen molar-refractivity contribution in [3.63, 3.8) is 0 Å². The molecule has 0 atom stereocenters. The number of aliphatic imine (C=N–C) groups is 1. The molecule has 1 aromatic carbocycles. The monoisotopic (exact) mass is 244 g/mol. The lowest BCUT2D eigenvalue weighted by Crippen LogP contribution is -2.08. The van der Waals surface area contributed by atoms with E-state index < -0.39 is 18.3 Å². The van der Waals surface area contributed by atoms with Crippen molar-refractivity contribution < 1.29 is 18.3 Å². The van der Waals surface area contributed by atoms with E-state index in [-0.39, 0.29) is 11.3 Å². The van der Waals surface area contributed by atoms with Gasteiger partial charge in [-0.3, -0.25) is 4.99 Å². The van der Waals surface area contributed by atoms with Gasteiger partial charge in [0, 0.05) is 6.21 Å². The van der Waals surface area contributed by atoms with Crippen LogP contribution in [0.15, 0.2) is 35.5 Å². The lowest BCUT2D eigenvalue weighted by Gasteiger charge is -2.11. The Morgan fingerprint density at radius 3 is 2.59 bits per heavy atom. The van der Waals surface area contributed by atoms with E-state index in [1.54, 1.807) is 0 Å². The fourth-order valence-electron chi connectivity index (χ4n) is 1.23. The Balaban J connectivity index is 3.14. The number of aliphatic hydroxyl groups is 1. The zero-order chi connectivity index (χ0) is 12.9. The standard InChI is InChI=1S/C11H11F3N2O/c12-11(13,14)10-6-9(16-5-1-4-15)3-2-8(10)7-17/h1-6,17H,7,15H2. The molecule has 1 rings (SSSR count). The van der Waals surface area contributed by atoms with Crippen LogP contribution in [-0.2, 0) is 12.8 Å². The van der Waals surface area contributed by atoms with Crippen molar-refractivity contribution in [3.8, 4) is 0 Å². The Bertz CT molecular complexity index is 439. The number of nitrogens with zero attached hydrogens (tertiary/aromatic N) is 1. The molecule has 0 aliphatic heterocycles. The Kier molecular flexibility index (Phi) is 4.28. The molecular formula is C11H11F3N2O. The first-order valence-corrected chi connectivity index (χ1v) is 4.71. The lowest BCUT2D eigenvalue weighted by atomic mass is 10.1. The normalized spacial score (nSPS) is 12.7. The smallest absolute Gasteiger partial charge is 0.405 e. The van der Waals surface area contributed by atoms with E-state index in [2.05, 4.69) is 4.99 Å². The molecule has 6 heteroatoms. The van der Waals surface area contributed by atoms with Crippen molar-refractivity contribution in [1.29, 1.82) is 0 Å². The molecule has 0 amide bonds. The van der Waals surface area contributed by atoms with Gasteiger partial charge in [0.05, 0.1) is 17.9 Å². The highest BCUT2D eigenvalue weighted by atomic mass is 19.4. The second-order valence-electron chi connectivity index (χ2n) is 3.16. The largest absolute Gasteiger partial charge is 0.416 e. The van der Waals surface area contributed by atoms with Crippen LogP contribution in [0.2, 0.25) is 0 Å². The van der Waals surface area contributed by atoms with Crippen LogP contribution in [0.25, 0.3) is 0 Å². The predicted octanol–water partition coefficient (Wildman–Crippen LogP) is 2.37. The summed E-state index contributed by atoms with van der Waals surface area (Å²) in [4.78, 5) is 3.77. The van der Waals surface area contributed by atoms with Gasteiger partial charge in [0.15, 0.2) is 0 Å². The molecule has 0 saturated heterocycles. The van der Waals surface area contributed by atoms with Crippen molar-refractivity contribution in [2.75, 3.05) is 0 Å². The molecule has 0 heterocycles. The van der Waals surface area contributed by atoms with Crippen molar-refractivity contribution >= 4 is 11.9 Å². The number of hydrogen-bond acceptors (Lipinski definition) is 3. The minimum absolute atomic E-state index is 0.146. The fraction of sp³-hybridized carbons (Fsp3) is 0.182. The highest BCUT2D eigenvalue weighted by Gasteiger charge is 2.33. The number of aliphatic hydroxyl groups excluding tert-OH is 1. The average molecular weight is 244 g/mol. The van der Waals surface area contributed by atoms with Crippen LogP contribution in [0.3, 0.4) is 0 Å². The number of benzene rings is 1. The van der Waals surface area contributed by atoms with Crippen LogP contribution in [0.1, 0.15) is 11.1 Å². The van der Waals surface area contributed by atoms with Gasteiger partial charge in [0.2, 0.25) is 0 Å². The number of halogens is 3. The molecule has 0 aliphatic carbocycles. The Morgan fingerprint density at radius 2 is 2.06 bits per heavy atom. The van der Waals surface area contributed by atoms with Gasteiger partial charge in [-0.05, 0) is 30.0 Å². The van der Waals surface area contributed by atoms with Gasteiger partial charge in [-0.25, -0.2) is 0 Å². The molecule has 0 aromatic heterocycles. The van der Waals surface area contributed by atoms with E-state index in [4.69, 9.17) is 10.8 Å². The number of rotatable bonds is 3. The van der Waals surface area contributed by atoms with Crippen molar-refractivity contribution in [3.05, 3.63) is 41.6 Å². The van der Waals surface area contributed by atoms with E-state index >= 15 is 0 Å². The average Bonchev–Trinajstić information content (AvgIpc) is 2.28. The van der Waals surface area contributed by atoms with Crippen LogP contribution in [0, 0.1) is 0 Å². The highest BCUT2D eigenvalue weighted by molar-refractivity contribution is 5.74. The minimum Gasteiger partial charge on any atom is -0.405 e. The lowest BCUT2D eigenvalue weighted by molar-refractivity contribution is -0.138. The number of nitrogens with two attached hydrogens (primary N) is 1. The molecule has 0 bridgehead atoms. The maximum Gasteiger partial charge on any atom is 0.416 e. The Labute approximate surface area is 96.1 Å². The molecule has 0 spiro atoms. The number of hydrogen-bond donors (Lipinski definition) is 2. The molecule has 3 N–H and O–H groups in total. The van der Waals surface area contributed by atoms with Crippen LogP contribution in [0.4, 0.5) is 18.9 Å². The SMILES string of the molecule is NC=CC=Nc1ccc(CO)c(C(F)(F)F)c1. The van der Waals surface area contributed by atoms with Crippen LogP contribution < -0.4 is 5.73 Å². The van der Waals surface area contributed by atoms with Crippen molar-refractivity contribution in [2.24, 2.45) is 10.7 Å². The molecule has 0 aliphatic rings. The second kappa shape index (κ2) is 5.49. The van der Waals surface area contributed by atoms with E-state index in [9.17, 15) is 13.2 Å². The van der Waals surface area contributed by atoms with E-state index in [1.807, 2.05) is 0 Å². The van der Waals surface area contributed by atoms with Gasteiger partial charge < -0.3 is 10.8 Å². The Hall–Kier alpha value is -1.82.